The second-order valence-corrected chi connectivity index (χ2v) is 7.04. The number of hydrogen-bond acceptors (Lipinski definition) is 2. The van der Waals surface area contributed by atoms with Gasteiger partial charge in [0.25, 0.3) is 0 Å². The van der Waals surface area contributed by atoms with Gasteiger partial charge in [0, 0.05) is 23.5 Å². The molecule has 0 aliphatic rings. The number of aromatic nitrogens is 1. The van der Waals surface area contributed by atoms with Crippen LogP contribution in [0.3, 0.4) is 0 Å². The van der Waals surface area contributed by atoms with Crippen molar-refractivity contribution in [2.24, 2.45) is 5.10 Å². The van der Waals surface area contributed by atoms with E-state index in [9.17, 15) is 0 Å². The normalized spacial score (nSPS) is 10.9. The molecule has 0 saturated carbocycles. The van der Waals surface area contributed by atoms with Crippen LogP contribution in [0, 0.1) is 13.8 Å². The van der Waals surface area contributed by atoms with Crippen LogP contribution < -0.4 is 10.7 Å². The van der Waals surface area contributed by atoms with E-state index in [0.717, 1.165) is 22.0 Å². The van der Waals surface area contributed by atoms with Gasteiger partial charge >= 0.3 is 0 Å². The fraction of sp³-hybridized carbons (Fsp3) is 0.143. The molecule has 0 amide bonds. The van der Waals surface area contributed by atoms with E-state index in [4.69, 9.17) is 23.8 Å². The Labute approximate surface area is 169 Å². The van der Waals surface area contributed by atoms with E-state index in [1.165, 1.54) is 11.1 Å². The van der Waals surface area contributed by atoms with Crippen molar-refractivity contribution < 1.29 is 0 Å². The van der Waals surface area contributed by atoms with Crippen molar-refractivity contribution >= 4 is 40.8 Å². The molecule has 2 aromatic carbocycles. The molecule has 6 heteroatoms. The van der Waals surface area contributed by atoms with Gasteiger partial charge in [-0.1, -0.05) is 41.9 Å². The zero-order valence-electron chi connectivity index (χ0n) is 15.2. The maximum absolute atomic E-state index is 6.26. The number of hydrogen-bond donors (Lipinski definition) is 2. The van der Waals surface area contributed by atoms with Crippen molar-refractivity contribution in [1.29, 1.82) is 0 Å². The number of hydrazone groups is 1. The molecule has 1 heterocycles. The SMILES string of the molecule is Cc1cccc(NC(=S)N/N=C\c2cccn2Cc2ccccc2Cl)c1C. The lowest BCUT2D eigenvalue weighted by atomic mass is 10.1. The minimum Gasteiger partial charge on any atom is -0.342 e. The fourth-order valence-corrected chi connectivity index (χ4v) is 3.05. The number of aryl methyl sites for hydroxylation is 1. The van der Waals surface area contributed by atoms with E-state index >= 15 is 0 Å². The van der Waals surface area contributed by atoms with Crippen molar-refractivity contribution in [3.63, 3.8) is 0 Å². The highest BCUT2D eigenvalue weighted by molar-refractivity contribution is 7.80. The standard InChI is InChI=1S/C21H21ClN4S/c1-15-7-5-11-20(16(15)2)24-21(27)25-23-13-18-9-6-12-26(18)14-17-8-3-4-10-19(17)22/h3-13H,14H2,1-2H3,(H2,24,25,27)/b23-13-. The Morgan fingerprint density at radius 2 is 1.93 bits per heavy atom. The van der Waals surface area contributed by atoms with E-state index in [-0.39, 0.29) is 0 Å². The molecule has 0 radical (unpaired) electrons. The van der Waals surface area contributed by atoms with Gasteiger partial charge in [0.15, 0.2) is 5.11 Å². The summed E-state index contributed by atoms with van der Waals surface area (Å²) in [5, 5.41) is 8.63. The second kappa shape index (κ2) is 8.84. The number of nitrogens with one attached hydrogen (secondary N) is 2. The average molecular weight is 397 g/mol. The van der Waals surface area contributed by atoms with E-state index in [1.54, 1.807) is 6.21 Å². The van der Waals surface area contributed by atoms with Crippen LogP contribution in [0.4, 0.5) is 5.69 Å². The minimum absolute atomic E-state index is 0.448. The van der Waals surface area contributed by atoms with Crippen LogP contribution in [-0.2, 0) is 6.54 Å². The maximum Gasteiger partial charge on any atom is 0.191 e. The van der Waals surface area contributed by atoms with Gasteiger partial charge in [-0.2, -0.15) is 5.10 Å². The molecule has 0 saturated heterocycles. The Hall–Kier alpha value is -2.63. The second-order valence-electron chi connectivity index (χ2n) is 6.22. The highest BCUT2D eigenvalue weighted by Gasteiger charge is 2.04. The Morgan fingerprint density at radius 3 is 2.74 bits per heavy atom. The molecule has 0 aliphatic carbocycles. The van der Waals surface area contributed by atoms with Crippen molar-refractivity contribution in [1.82, 2.24) is 9.99 Å². The van der Waals surface area contributed by atoms with Gasteiger partial charge < -0.3 is 9.88 Å². The van der Waals surface area contributed by atoms with E-state index < -0.39 is 0 Å². The summed E-state index contributed by atoms with van der Waals surface area (Å²) in [6.45, 7) is 4.81. The van der Waals surface area contributed by atoms with Gasteiger partial charge in [-0.3, -0.25) is 5.43 Å². The van der Waals surface area contributed by atoms with Crippen molar-refractivity contribution in [2.45, 2.75) is 20.4 Å². The zero-order valence-corrected chi connectivity index (χ0v) is 16.8. The highest BCUT2D eigenvalue weighted by atomic mass is 35.5. The number of rotatable bonds is 5. The van der Waals surface area contributed by atoms with Crippen molar-refractivity contribution in [3.8, 4) is 0 Å². The molecule has 4 nitrogen and oxygen atoms in total. The maximum atomic E-state index is 6.26. The molecule has 1 aromatic heterocycles. The molecular weight excluding hydrogens is 376 g/mol. The van der Waals surface area contributed by atoms with Gasteiger partial charge in [-0.15, -0.1) is 0 Å². The lowest BCUT2D eigenvalue weighted by Crippen LogP contribution is -2.24. The van der Waals surface area contributed by atoms with Gasteiger partial charge in [-0.25, -0.2) is 0 Å². The number of anilines is 1. The zero-order chi connectivity index (χ0) is 19.2. The van der Waals surface area contributed by atoms with Crippen LogP contribution in [-0.4, -0.2) is 15.9 Å². The van der Waals surface area contributed by atoms with Gasteiger partial charge in [-0.05, 0) is 67.0 Å². The quantitative estimate of drug-likeness (QED) is 0.357. The smallest absolute Gasteiger partial charge is 0.191 e. The van der Waals surface area contributed by atoms with Gasteiger partial charge in [0.1, 0.15) is 0 Å². The molecule has 3 rings (SSSR count). The molecule has 3 aromatic rings. The van der Waals surface area contributed by atoms with Crippen LogP contribution in [0.25, 0.3) is 0 Å². The Morgan fingerprint density at radius 1 is 1.11 bits per heavy atom. The first-order valence-electron chi connectivity index (χ1n) is 8.59. The molecule has 0 bridgehead atoms. The van der Waals surface area contributed by atoms with Crippen molar-refractivity contribution in [3.05, 3.63) is 88.2 Å². The highest BCUT2D eigenvalue weighted by Crippen LogP contribution is 2.18. The topological polar surface area (TPSA) is 41.4 Å². The summed E-state index contributed by atoms with van der Waals surface area (Å²) in [5.41, 5.74) is 8.24. The first-order chi connectivity index (χ1) is 13.0. The molecular formula is C21H21ClN4S. The van der Waals surface area contributed by atoms with Crippen LogP contribution in [0.2, 0.25) is 5.02 Å². The van der Waals surface area contributed by atoms with Crippen LogP contribution in [0.1, 0.15) is 22.4 Å². The van der Waals surface area contributed by atoms with E-state index in [0.29, 0.717) is 11.7 Å². The summed E-state index contributed by atoms with van der Waals surface area (Å²) < 4.78 is 2.08. The third-order valence-electron chi connectivity index (χ3n) is 4.38. The van der Waals surface area contributed by atoms with E-state index in [1.807, 2.05) is 54.7 Å². The fourth-order valence-electron chi connectivity index (χ4n) is 2.69. The lowest BCUT2D eigenvalue weighted by molar-refractivity contribution is 0.799. The van der Waals surface area contributed by atoms with Crippen molar-refractivity contribution in [2.75, 3.05) is 5.32 Å². The number of thiocarbonyl (C=S) groups is 1. The molecule has 0 unspecified atom stereocenters. The van der Waals surface area contributed by atoms with Crippen LogP contribution in [0.15, 0.2) is 65.9 Å². The lowest BCUT2D eigenvalue weighted by Gasteiger charge is -2.11. The molecule has 0 atom stereocenters. The third-order valence-corrected chi connectivity index (χ3v) is 4.94. The largest absolute Gasteiger partial charge is 0.342 e. The Kier molecular flexibility index (Phi) is 6.27. The summed E-state index contributed by atoms with van der Waals surface area (Å²) in [6.07, 6.45) is 3.74. The summed E-state index contributed by atoms with van der Waals surface area (Å²) in [4.78, 5) is 0. The number of benzene rings is 2. The Balaban J connectivity index is 1.62. The molecule has 2 N–H and O–H groups in total. The summed E-state index contributed by atoms with van der Waals surface area (Å²) in [6, 6.07) is 17.9. The van der Waals surface area contributed by atoms with Gasteiger partial charge in [0.2, 0.25) is 0 Å². The predicted octanol–water partition coefficient (Wildman–Crippen LogP) is 5.13. The number of nitrogens with zero attached hydrogens (tertiary/aromatic N) is 2. The minimum atomic E-state index is 0.448. The predicted molar refractivity (Wildman–Crippen MR) is 118 cm³/mol. The average Bonchev–Trinajstić information content (AvgIpc) is 3.08. The Bertz CT molecular complexity index is 978. The summed E-state index contributed by atoms with van der Waals surface area (Å²) in [7, 11) is 0. The van der Waals surface area contributed by atoms with E-state index in [2.05, 4.69) is 40.3 Å². The first kappa shape index (κ1) is 19.1. The monoisotopic (exact) mass is 396 g/mol. The molecule has 0 fully saturated rings. The van der Waals surface area contributed by atoms with Crippen LogP contribution >= 0.6 is 23.8 Å². The molecule has 27 heavy (non-hydrogen) atoms. The molecule has 0 spiro atoms. The number of halogens is 1. The molecule has 0 aliphatic heterocycles. The summed E-state index contributed by atoms with van der Waals surface area (Å²) >= 11 is 11.6. The van der Waals surface area contributed by atoms with Gasteiger partial charge in [0.05, 0.1) is 11.9 Å². The molecule has 138 valence electrons. The summed E-state index contributed by atoms with van der Waals surface area (Å²) in [5.74, 6) is 0. The third kappa shape index (κ3) is 4.96. The van der Waals surface area contributed by atoms with Crippen LogP contribution in [0.5, 0.6) is 0 Å². The first-order valence-corrected chi connectivity index (χ1v) is 9.38.